The first-order valence-electron chi connectivity index (χ1n) is 20.5. The van der Waals surface area contributed by atoms with Crippen molar-refractivity contribution in [3.63, 3.8) is 0 Å². The summed E-state index contributed by atoms with van der Waals surface area (Å²) in [6, 6.07) is 24.8. The number of allylic oxidation sites excluding steroid dienone is 2. The zero-order valence-electron chi connectivity index (χ0n) is 34.6. The summed E-state index contributed by atoms with van der Waals surface area (Å²) in [5.74, 6) is -2.95. The number of hydrazine groups is 1. The average molecular weight is 884 g/mol. The van der Waals surface area contributed by atoms with Crippen LogP contribution >= 0.6 is 11.6 Å². The van der Waals surface area contributed by atoms with Crippen molar-refractivity contribution < 1.29 is 28.6 Å². The SMILES string of the molecule is COc1cc2nc(CCn3c(=O)n4n(c3=O)C3CC5C(=O)N(Nc6ccc(F)cc6)C(=O)C5(c5ccc(Cl)cc5)C(c5ccc(O)c6ccccc56)C3=CC4)c(=O)n(C)c2cc1OC. The van der Waals surface area contributed by atoms with Crippen LogP contribution in [0, 0.1) is 11.7 Å². The van der Waals surface area contributed by atoms with Gasteiger partial charge in [0.15, 0.2) is 11.5 Å². The number of rotatable bonds is 9. The Kier molecular flexibility index (Phi) is 9.59. The Hall–Kier alpha value is -7.46. The molecule has 2 fully saturated rings. The van der Waals surface area contributed by atoms with Gasteiger partial charge in [-0.05, 0) is 71.0 Å². The highest BCUT2D eigenvalue weighted by Gasteiger charge is 2.69. The van der Waals surface area contributed by atoms with E-state index in [2.05, 4.69) is 10.4 Å². The number of methoxy groups -OCH3 is 2. The van der Waals surface area contributed by atoms with E-state index in [4.69, 9.17) is 21.1 Å². The van der Waals surface area contributed by atoms with Gasteiger partial charge in [-0.1, -0.05) is 60.1 Å². The largest absolute Gasteiger partial charge is 0.507 e. The molecule has 4 unspecified atom stereocenters. The Labute approximate surface area is 367 Å². The predicted octanol–water partition coefficient (Wildman–Crippen LogP) is 5.59. The number of aromatic hydroxyl groups is 1. The summed E-state index contributed by atoms with van der Waals surface area (Å²) in [7, 11) is 4.57. The Balaban J connectivity index is 1.13. The zero-order chi connectivity index (χ0) is 44.8. The van der Waals surface area contributed by atoms with E-state index in [1.54, 1.807) is 67.7 Å². The van der Waals surface area contributed by atoms with Gasteiger partial charge >= 0.3 is 11.4 Å². The molecule has 2 N–H and O–H groups in total. The van der Waals surface area contributed by atoms with E-state index < -0.39 is 57.9 Å². The number of anilines is 1. The van der Waals surface area contributed by atoms with Crippen molar-refractivity contribution in [3.05, 3.63) is 168 Å². The fourth-order valence-electron chi connectivity index (χ4n) is 10.1. The molecule has 4 heterocycles. The van der Waals surface area contributed by atoms with Crippen LogP contribution in [-0.2, 0) is 41.6 Å². The molecule has 7 aromatic rings. The van der Waals surface area contributed by atoms with E-state index in [1.165, 1.54) is 52.4 Å². The van der Waals surface area contributed by atoms with Crippen LogP contribution < -0.4 is 31.8 Å². The Morgan fingerprint density at radius 2 is 1.59 bits per heavy atom. The van der Waals surface area contributed by atoms with Gasteiger partial charge in [0.05, 0.1) is 54.9 Å². The topological polar surface area (TPSA) is 172 Å². The normalized spacial score (nSPS) is 20.2. The number of fused-ring (bicyclic) bond motifs is 6. The van der Waals surface area contributed by atoms with Crippen molar-refractivity contribution in [2.75, 3.05) is 19.6 Å². The van der Waals surface area contributed by atoms with Crippen LogP contribution in [0.1, 0.15) is 35.2 Å². The maximum atomic E-state index is 15.6. The Bertz CT molecular complexity index is 3320. The molecule has 0 bridgehead atoms. The zero-order valence-corrected chi connectivity index (χ0v) is 35.4. The van der Waals surface area contributed by atoms with Crippen LogP contribution in [0.3, 0.4) is 0 Å². The highest BCUT2D eigenvalue weighted by molar-refractivity contribution is 6.30. The minimum atomic E-state index is -1.65. The highest BCUT2D eigenvalue weighted by atomic mass is 35.5. The highest BCUT2D eigenvalue weighted by Crippen LogP contribution is 2.62. The van der Waals surface area contributed by atoms with E-state index >= 15 is 9.59 Å². The molecule has 64 heavy (non-hydrogen) atoms. The van der Waals surface area contributed by atoms with Crippen molar-refractivity contribution in [2.45, 2.75) is 43.3 Å². The predicted molar refractivity (Wildman–Crippen MR) is 235 cm³/mol. The number of benzene rings is 5. The number of aromatic nitrogens is 5. The lowest BCUT2D eigenvalue weighted by Crippen LogP contribution is -2.53. The third-order valence-electron chi connectivity index (χ3n) is 13.1. The second-order valence-electron chi connectivity index (χ2n) is 16.1. The van der Waals surface area contributed by atoms with Gasteiger partial charge in [0, 0.05) is 48.5 Å². The smallest absolute Gasteiger partial charge is 0.347 e. The molecule has 3 aliphatic rings. The molecule has 0 radical (unpaired) electrons. The minimum absolute atomic E-state index is 0.00610. The summed E-state index contributed by atoms with van der Waals surface area (Å²) in [6.45, 7) is -0.247. The second-order valence-corrected chi connectivity index (χ2v) is 16.6. The molecule has 2 aliphatic heterocycles. The van der Waals surface area contributed by atoms with E-state index in [0.29, 0.717) is 55.0 Å². The molecule has 17 heteroatoms. The summed E-state index contributed by atoms with van der Waals surface area (Å²) >= 11 is 6.44. The van der Waals surface area contributed by atoms with Gasteiger partial charge < -0.3 is 19.1 Å². The summed E-state index contributed by atoms with van der Waals surface area (Å²) in [6.07, 6.45) is 1.70. The van der Waals surface area contributed by atoms with Gasteiger partial charge in [0.25, 0.3) is 17.4 Å². The van der Waals surface area contributed by atoms with Gasteiger partial charge in [-0.2, -0.15) is 5.01 Å². The number of carbonyl (C=O) groups excluding carboxylic acids is 2. The number of hydrogen-bond donors (Lipinski definition) is 2. The third-order valence-corrected chi connectivity index (χ3v) is 13.3. The first-order valence-corrected chi connectivity index (χ1v) is 20.9. The minimum Gasteiger partial charge on any atom is -0.507 e. The lowest BCUT2D eigenvalue weighted by molar-refractivity contribution is -0.138. The molecule has 1 saturated carbocycles. The summed E-state index contributed by atoms with van der Waals surface area (Å²) in [5, 5.41) is 13.6. The summed E-state index contributed by atoms with van der Waals surface area (Å²) in [5.41, 5.74) is 2.62. The third kappa shape index (κ3) is 5.92. The van der Waals surface area contributed by atoms with E-state index in [1.807, 2.05) is 18.2 Å². The molecule has 10 rings (SSSR count). The van der Waals surface area contributed by atoms with Crippen molar-refractivity contribution in [3.8, 4) is 17.2 Å². The molecule has 15 nitrogen and oxygen atoms in total. The molecule has 1 saturated heterocycles. The molecular weight excluding hydrogens is 845 g/mol. The van der Waals surface area contributed by atoms with E-state index in [9.17, 15) is 23.9 Å². The fourth-order valence-corrected chi connectivity index (χ4v) is 10.3. The second kappa shape index (κ2) is 15.1. The van der Waals surface area contributed by atoms with Gasteiger partial charge in [0.2, 0.25) is 0 Å². The Morgan fingerprint density at radius 3 is 2.31 bits per heavy atom. The summed E-state index contributed by atoms with van der Waals surface area (Å²) < 4.78 is 30.1. The lowest BCUT2D eigenvalue weighted by Gasteiger charge is -2.49. The van der Waals surface area contributed by atoms with Crippen molar-refractivity contribution in [2.24, 2.45) is 13.0 Å². The molecule has 2 amide bonds. The molecule has 324 valence electrons. The standard InChI is InChI=1S/C47H39ClFN7O8/c1-52-37-24-40(64-3)39(63-2)23-35(37)50-34(43(52)59)19-20-53-45(61)54-21-18-32-36(56(54)46(53)62)22-33-42(58)55(51-28-14-12-27(49)13-15-28)44(60)47(33,25-8-10-26(48)11-9-25)41(32)31-16-17-38(57)30-7-5-4-6-29(30)31/h4-18,23-24,33,36,41,51,57H,19-22H2,1-3H3. The van der Waals surface area contributed by atoms with E-state index in [0.717, 1.165) is 9.58 Å². The number of nitrogens with zero attached hydrogens (tertiary/aromatic N) is 6. The van der Waals surface area contributed by atoms with Crippen LogP contribution in [0.5, 0.6) is 17.2 Å². The molecule has 1 aliphatic carbocycles. The van der Waals surface area contributed by atoms with E-state index in [-0.39, 0.29) is 43.1 Å². The van der Waals surface area contributed by atoms with Crippen molar-refractivity contribution in [1.29, 1.82) is 0 Å². The number of carbonyl (C=O) groups is 2. The van der Waals surface area contributed by atoms with Crippen LogP contribution in [0.15, 0.2) is 123 Å². The quantitative estimate of drug-likeness (QED) is 0.138. The van der Waals surface area contributed by atoms with Gasteiger partial charge in [-0.15, -0.1) is 0 Å². The summed E-state index contributed by atoms with van der Waals surface area (Å²) in [4.78, 5) is 77.9. The maximum absolute atomic E-state index is 15.6. The van der Waals surface area contributed by atoms with Gasteiger partial charge in [-0.3, -0.25) is 19.8 Å². The number of imide groups is 1. The molecule has 4 atom stereocenters. The monoisotopic (exact) mass is 883 g/mol. The number of nitrogens with one attached hydrogen (secondary N) is 1. The van der Waals surface area contributed by atoms with Crippen LogP contribution in [0.2, 0.25) is 5.02 Å². The number of aryl methyl sites for hydroxylation is 2. The number of halogens is 2. The first-order chi connectivity index (χ1) is 30.9. The van der Waals surface area contributed by atoms with Crippen molar-refractivity contribution in [1.82, 2.24) is 28.5 Å². The molecule has 5 aromatic carbocycles. The fraction of sp³-hybridized carbons (Fsp3) is 0.234. The van der Waals surface area contributed by atoms with Crippen LogP contribution in [-0.4, -0.2) is 59.6 Å². The number of phenols is 1. The van der Waals surface area contributed by atoms with Crippen LogP contribution in [0.4, 0.5) is 10.1 Å². The van der Waals surface area contributed by atoms with Gasteiger partial charge in [0.1, 0.15) is 17.3 Å². The molecule has 0 spiro atoms. The maximum Gasteiger partial charge on any atom is 0.347 e. The molecular formula is C47H39ClFN7O8. The average Bonchev–Trinajstić information content (AvgIpc) is 3.67. The number of ether oxygens (including phenoxy) is 2. The number of amides is 2. The lowest BCUT2D eigenvalue weighted by atomic mass is 9.53. The Morgan fingerprint density at radius 1 is 0.891 bits per heavy atom. The number of phenolic OH excluding ortho intramolecular Hbond substituents is 1. The van der Waals surface area contributed by atoms with Gasteiger partial charge in [-0.25, -0.2) is 32.9 Å². The molecule has 2 aromatic heterocycles. The van der Waals surface area contributed by atoms with Crippen LogP contribution in [0.25, 0.3) is 21.8 Å². The van der Waals surface area contributed by atoms with Crippen molar-refractivity contribution >= 4 is 50.9 Å². The number of hydrogen-bond acceptors (Lipinski definition) is 10. The first kappa shape index (κ1) is 40.6.